The first kappa shape index (κ1) is 26.3. The third-order valence-corrected chi connectivity index (χ3v) is 10.2. The van der Waals surface area contributed by atoms with E-state index in [2.05, 4.69) is 4.99 Å². The lowest BCUT2D eigenvalue weighted by Crippen LogP contribution is -2.40. The molecule has 0 unspecified atom stereocenters. The van der Waals surface area contributed by atoms with Crippen LogP contribution in [-0.2, 0) is 30.9 Å². The molecular weight excluding hydrogens is 526 g/mol. The molecule has 1 fully saturated rings. The number of fused-ring (bicyclic) bond motifs is 1. The van der Waals surface area contributed by atoms with Gasteiger partial charge in [-0.15, -0.1) is 11.3 Å². The summed E-state index contributed by atoms with van der Waals surface area (Å²) in [7, 11) is -0.499. The third-order valence-electron chi connectivity index (χ3n) is 5.88. The van der Waals surface area contributed by atoms with E-state index in [0.717, 1.165) is 4.70 Å². The second-order valence-electron chi connectivity index (χ2n) is 8.01. The Morgan fingerprint density at radius 1 is 1.14 bits per heavy atom. The fourth-order valence-corrected chi connectivity index (χ4v) is 7.70. The van der Waals surface area contributed by atoms with Crippen LogP contribution >= 0.6 is 22.7 Å². The van der Waals surface area contributed by atoms with Gasteiger partial charge >= 0.3 is 5.97 Å². The first-order valence-corrected chi connectivity index (χ1v) is 14.4. The number of benzene rings is 1. The number of ether oxygens (including phenoxy) is 3. The molecule has 0 spiro atoms. The highest BCUT2D eigenvalue weighted by molar-refractivity contribution is 7.91. The van der Waals surface area contributed by atoms with Gasteiger partial charge < -0.3 is 18.8 Å². The van der Waals surface area contributed by atoms with Crippen LogP contribution in [0.2, 0.25) is 0 Å². The van der Waals surface area contributed by atoms with E-state index in [9.17, 15) is 18.0 Å². The Labute approximate surface area is 216 Å². The third kappa shape index (κ3) is 5.33. The summed E-state index contributed by atoms with van der Waals surface area (Å²) < 4.78 is 45.6. The van der Waals surface area contributed by atoms with Crippen molar-refractivity contribution in [2.45, 2.75) is 30.5 Å². The summed E-state index contributed by atoms with van der Waals surface area (Å²) in [4.78, 5) is 30.2. The molecule has 194 valence electrons. The zero-order chi connectivity index (χ0) is 25.9. The molecule has 0 bridgehead atoms. The molecule has 1 aromatic carbocycles. The van der Waals surface area contributed by atoms with Crippen molar-refractivity contribution in [2.75, 3.05) is 33.9 Å². The number of amides is 1. The van der Waals surface area contributed by atoms with Crippen LogP contribution in [0.1, 0.15) is 19.8 Å². The quantitative estimate of drug-likeness (QED) is 0.394. The summed E-state index contributed by atoms with van der Waals surface area (Å²) in [5.74, 6) is -0.200. The molecule has 0 saturated carbocycles. The SMILES string of the molecule is CCOC(=O)Cn1c(=NC(=O)C2CCN(S(=O)(=O)c3cccs3)CC2)sc2cc(OC)c(OC)cc21. The van der Waals surface area contributed by atoms with Crippen LogP contribution < -0.4 is 14.3 Å². The van der Waals surface area contributed by atoms with Crippen molar-refractivity contribution in [1.29, 1.82) is 0 Å². The molecule has 1 amide bonds. The molecule has 13 heteroatoms. The Kier molecular flexibility index (Phi) is 8.13. The summed E-state index contributed by atoms with van der Waals surface area (Å²) in [6.07, 6.45) is 0.745. The minimum absolute atomic E-state index is 0.118. The maximum Gasteiger partial charge on any atom is 0.326 e. The second-order valence-corrected chi connectivity index (χ2v) is 12.1. The number of carbonyl (C=O) groups excluding carboxylic acids is 2. The number of aromatic nitrogens is 1. The van der Waals surface area contributed by atoms with E-state index in [4.69, 9.17) is 14.2 Å². The molecule has 0 radical (unpaired) electrons. The summed E-state index contributed by atoms with van der Waals surface area (Å²) in [5.41, 5.74) is 0.661. The predicted molar refractivity (Wildman–Crippen MR) is 136 cm³/mol. The maximum absolute atomic E-state index is 13.1. The Balaban J connectivity index is 1.62. The molecule has 2 aromatic heterocycles. The first-order chi connectivity index (χ1) is 17.3. The zero-order valence-corrected chi connectivity index (χ0v) is 22.6. The molecule has 0 N–H and O–H groups in total. The molecular formula is C23H27N3O7S3. The van der Waals surface area contributed by atoms with E-state index < -0.39 is 21.9 Å². The lowest BCUT2D eigenvalue weighted by molar-refractivity contribution is -0.143. The Hall–Kier alpha value is -2.74. The Morgan fingerprint density at radius 2 is 1.83 bits per heavy atom. The van der Waals surface area contributed by atoms with E-state index in [0.29, 0.717) is 38.9 Å². The van der Waals surface area contributed by atoms with Gasteiger partial charge in [0.15, 0.2) is 16.3 Å². The second kappa shape index (κ2) is 11.1. The van der Waals surface area contributed by atoms with Crippen LogP contribution in [0.25, 0.3) is 10.2 Å². The fraction of sp³-hybridized carbons (Fsp3) is 0.435. The van der Waals surface area contributed by atoms with Gasteiger partial charge in [0.25, 0.3) is 15.9 Å². The van der Waals surface area contributed by atoms with Crippen LogP contribution in [0, 0.1) is 5.92 Å². The number of hydrogen-bond donors (Lipinski definition) is 0. The topological polar surface area (TPSA) is 116 Å². The van der Waals surface area contributed by atoms with E-state index in [1.807, 2.05) is 0 Å². The number of methoxy groups -OCH3 is 2. The normalized spacial score (nSPS) is 15.8. The van der Waals surface area contributed by atoms with Gasteiger partial charge in [0.05, 0.1) is 31.0 Å². The smallest absolute Gasteiger partial charge is 0.326 e. The molecule has 3 heterocycles. The minimum Gasteiger partial charge on any atom is -0.493 e. The number of thiazole rings is 1. The van der Waals surface area contributed by atoms with Gasteiger partial charge in [-0.2, -0.15) is 9.30 Å². The number of esters is 1. The summed E-state index contributed by atoms with van der Waals surface area (Å²) >= 11 is 2.43. The zero-order valence-electron chi connectivity index (χ0n) is 20.1. The Morgan fingerprint density at radius 3 is 2.44 bits per heavy atom. The predicted octanol–water partition coefficient (Wildman–Crippen LogP) is 2.87. The molecule has 4 rings (SSSR count). The van der Waals surface area contributed by atoms with Crippen molar-refractivity contribution in [1.82, 2.24) is 8.87 Å². The van der Waals surface area contributed by atoms with E-state index in [-0.39, 0.29) is 32.1 Å². The van der Waals surface area contributed by atoms with Gasteiger partial charge in [-0.05, 0) is 31.2 Å². The van der Waals surface area contributed by atoms with Crippen molar-refractivity contribution in [3.63, 3.8) is 0 Å². The highest BCUT2D eigenvalue weighted by atomic mass is 32.2. The first-order valence-electron chi connectivity index (χ1n) is 11.3. The molecule has 36 heavy (non-hydrogen) atoms. The number of sulfonamides is 1. The molecule has 3 aromatic rings. The average molecular weight is 554 g/mol. The molecule has 1 aliphatic rings. The fourth-order valence-electron chi connectivity index (χ4n) is 4.04. The largest absolute Gasteiger partial charge is 0.493 e. The van der Waals surface area contributed by atoms with Crippen LogP contribution in [0.15, 0.2) is 38.8 Å². The van der Waals surface area contributed by atoms with Crippen molar-refractivity contribution in [3.05, 3.63) is 34.4 Å². The summed E-state index contributed by atoms with van der Waals surface area (Å²) in [6.45, 7) is 2.33. The van der Waals surface area contributed by atoms with Crippen molar-refractivity contribution in [3.8, 4) is 11.5 Å². The van der Waals surface area contributed by atoms with Crippen LogP contribution in [-0.4, -0.2) is 63.1 Å². The molecule has 0 atom stereocenters. The number of hydrogen-bond acceptors (Lipinski definition) is 9. The lowest BCUT2D eigenvalue weighted by Gasteiger charge is -2.29. The van der Waals surface area contributed by atoms with Gasteiger partial charge in [0.1, 0.15) is 10.8 Å². The maximum atomic E-state index is 13.1. The minimum atomic E-state index is -3.55. The Bertz CT molecular complexity index is 1420. The number of carbonyl (C=O) groups is 2. The van der Waals surface area contributed by atoms with Gasteiger partial charge in [0, 0.05) is 31.1 Å². The highest BCUT2D eigenvalue weighted by Gasteiger charge is 2.32. The number of rotatable bonds is 8. The molecule has 1 aliphatic heterocycles. The van der Waals surface area contributed by atoms with Gasteiger partial charge in [-0.1, -0.05) is 17.4 Å². The van der Waals surface area contributed by atoms with Gasteiger partial charge in [-0.3, -0.25) is 9.59 Å². The van der Waals surface area contributed by atoms with E-state index in [1.165, 1.54) is 41.2 Å². The highest BCUT2D eigenvalue weighted by Crippen LogP contribution is 2.33. The van der Waals surface area contributed by atoms with E-state index in [1.54, 1.807) is 41.1 Å². The van der Waals surface area contributed by atoms with Crippen molar-refractivity contribution < 1.29 is 32.2 Å². The standard InChI is InChI=1S/C23H27N3O7S3/c1-4-33-20(27)14-26-16-12-17(31-2)18(32-3)13-19(16)35-23(26)24-22(28)15-7-9-25(10-8-15)36(29,30)21-6-5-11-34-21/h5-6,11-13,15H,4,7-10,14H2,1-3H3. The van der Waals surface area contributed by atoms with Gasteiger partial charge in [-0.25, -0.2) is 8.42 Å². The monoisotopic (exact) mass is 553 g/mol. The average Bonchev–Trinajstić information content (AvgIpc) is 3.53. The number of nitrogens with zero attached hydrogens (tertiary/aromatic N) is 3. The lowest BCUT2D eigenvalue weighted by atomic mass is 9.98. The van der Waals surface area contributed by atoms with Crippen molar-refractivity contribution in [2.24, 2.45) is 10.9 Å². The molecule has 1 saturated heterocycles. The molecule has 0 aliphatic carbocycles. The van der Waals surface area contributed by atoms with Crippen LogP contribution in [0.5, 0.6) is 11.5 Å². The van der Waals surface area contributed by atoms with Crippen LogP contribution in [0.3, 0.4) is 0 Å². The van der Waals surface area contributed by atoms with E-state index >= 15 is 0 Å². The summed E-state index contributed by atoms with van der Waals surface area (Å²) in [6, 6.07) is 6.80. The van der Waals surface area contributed by atoms with Gasteiger partial charge in [0.2, 0.25) is 0 Å². The molecule has 10 nitrogen and oxygen atoms in total. The number of thiophene rings is 1. The number of piperidine rings is 1. The van der Waals surface area contributed by atoms with Crippen LogP contribution in [0.4, 0.5) is 0 Å². The summed E-state index contributed by atoms with van der Waals surface area (Å²) in [5, 5.41) is 1.73. The van der Waals surface area contributed by atoms with Crippen molar-refractivity contribution >= 4 is 54.8 Å².